The summed E-state index contributed by atoms with van der Waals surface area (Å²) in [6, 6.07) is 4.90. The number of nitrogens with zero attached hydrogens (tertiary/aromatic N) is 2. The van der Waals surface area contributed by atoms with E-state index in [2.05, 4.69) is 10.2 Å². The highest BCUT2D eigenvalue weighted by atomic mass is 16.5. The molecule has 2 amide bonds. The molecular formula is C16H23N3O5. The molecule has 24 heavy (non-hydrogen) atoms. The zero-order chi connectivity index (χ0) is 17.5. The van der Waals surface area contributed by atoms with E-state index in [1.807, 2.05) is 0 Å². The number of rotatable bonds is 5. The molecule has 1 aliphatic heterocycles. The highest BCUT2D eigenvalue weighted by molar-refractivity contribution is 6.39. The summed E-state index contributed by atoms with van der Waals surface area (Å²) >= 11 is 0. The molecule has 1 heterocycles. The lowest BCUT2D eigenvalue weighted by molar-refractivity contribution is -0.144. The van der Waals surface area contributed by atoms with Gasteiger partial charge in [-0.3, -0.25) is 14.5 Å². The van der Waals surface area contributed by atoms with Gasteiger partial charge in [0.15, 0.2) is 11.5 Å². The fraction of sp³-hybridized carbons (Fsp3) is 0.500. The number of carbonyl (C=O) groups excluding carboxylic acids is 2. The van der Waals surface area contributed by atoms with Crippen LogP contribution in [-0.4, -0.2) is 80.3 Å². The number of hydrogen-bond acceptors (Lipinski definition) is 6. The van der Waals surface area contributed by atoms with Crippen LogP contribution in [0.15, 0.2) is 18.2 Å². The molecule has 1 aliphatic rings. The van der Waals surface area contributed by atoms with Gasteiger partial charge < -0.3 is 24.8 Å². The maximum Gasteiger partial charge on any atom is 0.313 e. The average Bonchev–Trinajstić information content (AvgIpc) is 2.61. The van der Waals surface area contributed by atoms with Crippen LogP contribution in [0.4, 0.5) is 5.69 Å². The van der Waals surface area contributed by atoms with Gasteiger partial charge in [0.05, 0.1) is 20.8 Å². The number of piperazine rings is 1. The highest BCUT2D eigenvalue weighted by Gasteiger charge is 2.26. The van der Waals surface area contributed by atoms with Gasteiger partial charge in [-0.1, -0.05) is 0 Å². The largest absolute Gasteiger partial charge is 0.493 e. The Kier molecular flexibility index (Phi) is 6.39. The monoisotopic (exact) mass is 337 g/mol. The van der Waals surface area contributed by atoms with Crippen LogP contribution in [-0.2, 0) is 9.59 Å². The lowest BCUT2D eigenvalue weighted by atomic mass is 10.2. The molecule has 0 aromatic heterocycles. The van der Waals surface area contributed by atoms with Crippen molar-refractivity contribution in [1.29, 1.82) is 0 Å². The second-order valence-electron chi connectivity index (χ2n) is 5.38. The second-order valence-corrected chi connectivity index (χ2v) is 5.38. The van der Waals surface area contributed by atoms with E-state index in [1.165, 1.54) is 19.1 Å². The van der Waals surface area contributed by atoms with Gasteiger partial charge in [0.2, 0.25) is 0 Å². The third kappa shape index (κ3) is 4.36. The summed E-state index contributed by atoms with van der Waals surface area (Å²) < 4.78 is 10.3. The van der Waals surface area contributed by atoms with Crippen LogP contribution in [0, 0.1) is 0 Å². The molecule has 0 saturated carbocycles. The minimum absolute atomic E-state index is 0.0910. The number of hydrogen-bond donors (Lipinski definition) is 2. The molecule has 1 aromatic rings. The van der Waals surface area contributed by atoms with Gasteiger partial charge in [-0.05, 0) is 12.1 Å². The fourth-order valence-corrected chi connectivity index (χ4v) is 2.56. The number of carbonyl (C=O) groups is 2. The van der Waals surface area contributed by atoms with Crippen molar-refractivity contribution in [2.75, 3.05) is 58.9 Å². The molecule has 0 unspecified atom stereocenters. The molecular weight excluding hydrogens is 314 g/mol. The summed E-state index contributed by atoms with van der Waals surface area (Å²) in [5.41, 5.74) is 0.463. The molecule has 132 valence electrons. The van der Waals surface area contributed by atoms with E-state index in [0.717, 1.165) is 0 Å². The van der Waals surface area contributed by atoms with E-state index in [0.29, 0.717) is 49.9 Å². The third-order valence-corrected chi connectivity index (χ3v) is 3.91. The molecule has 8 nitrogen and oxygen atoms in total. The summed E-state index contributed by atoms with van der Waals surface area (Å²) in [6.07, 6.45) is 0. The minimum atomic E-state index is -0.683. The van der Waals surface area contributed by atoms with E-state index < -0.39 is 11.8 Å². The van der Waals surface area contributed by atoms with Crippen LogP contribution < -0.4 is 14.8 Å². The van der Waals surface area contributed by atoms with Crippen LogP contribution in [0.25, 0.3) is 0 Å². The molecule has 0 spiro atoms. The molecule has 0 bridgehead atoms. The molecule has 8 heteroatoms. The third-order valence-electron chi connectivity index (χ3n) is 3.91. The van der Waals surface area contributed by atoms with Gasteiger partial charge in [-0.15, -0.1) is 0 Å². The van der Waals surface area contributed by atoms with Gasteiger partial charge in [0, 0.05) is 44.5 Å². The SMILES string of the molecule is COc1ccc(NC(=O)C(=O)N2CCN(CCO)CC2)cc1OC. The van der Waals surface area contributed by atoms with Crippen LogP contribution in [0.2, 0.25) is 0 Å². The Labute approximate surface area is 140 Å². The van der Waals surface area contributed by atoms with Gasteiger partial charge in [0.1, 0.15) is 0 Å². The van der Waals surface area contributed by atoms with Crippen molar-refractivity contribution in [3.05, 3.63) is 18.2 Å². The Bertz CT molecular complexity index is 585. The van der Waals surface area contributed by atoms with Crippen molar-refractivity contribution < 1.29 is 24.2 Å². The number of ether oxygens (including phenoxy) is 2. The number of β-amino-alcohol motifs (C(OH)–C–C–N with tert-alkyl or cyclic N) is 1. The Morgan fingerprint density at radius 3 is 2.38 bits per heavy atom. The zero-order valence-corrected chi connectivity index (χ0v) is 13.9. The number of aliphatic hydroxyl groups excluding tert-OH is 1. The van der Waals surface area contributed by atoms with Crippen LogP contribution in [0.5, 0.6) is 11.5 Å². The normalized spacial score (nSPS) is 15.0. The summed E-state index contributed by atoms with van der Waals surface area (Å²) in [5, 5.41) is 11.5. The molecule has 2 rings (SSSR count). The van der Waals surface area contributed by atoms with Crippen LogP contribution >= 0.6 is 0 Å². The van der Waals surface area contributed by atoms with Crippen molar-refractivity contribution in [3.8, 4) is 11.5 Å². The maximum atomic E-state index is 12.2. The van der Waals surface area contributed by atoms with E-state index in [1.54, 1.807) is 18.2 Å². The van der Waals surface area contributed by atoms with E-state index in [-0.39, 0.29) is 6.61 Å². The second kappa shape index (κ2) is 8.51. The van der Waals surface area contributed by atoms with Crippen molar-refractivity contribution in [1.82, 2.24) is 9.80 Å². The quantitative estimate of drug-likeness (QED) is 0.722. The van der Waals surface area contributed by atoms with Gasteiger partial charge in [-0.25, -0.2) is 0 Å². The number of benzene rings is 1. The summed E-state index contributed by atoms with van der Waals surface area (Å²) in [4.78, 5) is 27.9. The van der Waals surface area contributed by atoms with E-state index in [9.17, 15) is 9.59 Å². The maximum absolute atomic E-state index is 12.2. The molecule has 0 aliphatic carbocycles. The first-order valence-corrected chi connectivity index (χ1v) is 7.74. The van der Waals surface area contributed by atoms with Gasteiger partial charge in [-0.2, -0.15) is 0 Å². The fourth-order valence-electron chi connectivity index (χ4n) is 2.56. The lowest BCUT2D eigenvalue weighted by Gasteiger charge is -2.33. The number of amides is 2. The minimum Gasteiger partial charge on any atom is -0.493 e. The lowest BCUT2D eigenvalue weighted by Crippen LogP contribution is -2.52. The highest BCUT2D eigenvalue weighted by Crippen LogP contribution is 2.29. The number of nitrogens with one attached hydrogen (secondary N) is 1. The van der Waals surface area contributed by atoms with Gasteiger partial charge >= 0.3 is 11.8 Å². The molecule has 0 atom stereocenters. The zero-order valence-electron chi connectivity index (χ0n) is 13.9. The van der Waals surface area contributed by atoms with Crippen molar-refractivity contribution in [2.45, 2.75) is 0 Å². The molecule has 2 N–H and O–H groups in total. The summed E-state index contributed by atoms with van der Waals surface area (Å²) in [7, 11) is 3.02. The van der Waals surface area contributed by atoms with Crippen molar-refractivity contribution in [3.63, 3.8) is 0 Å². The van der Waals surface area contributed by atoms with Crippen molar-refractivity contribution in [2.24, 2.45) is 0 Å². The molecule has 0 radical (unpaired) electrons. The predicted molar refractivity (Wildman–Crippen MR) is 88.3 cm³/mol. The Morgan fingerprint density at radius 2 is 1.79 bits per heavy atom. The van der Waals surface area contributed by atoms with E-state index in [4.69, 9.17) is 14.6 Å². The van der Waals surface area contributed by atoms with Gasteiger partial charge in [0.25, 0.3) is 0 Å². The first-order valence-electron chi connectivity index (χ1n) is 7.74. The number of anilines is 1. The predicted octanol–water partition coefficient (Wildman–Crippen LogP) is -0.221. The first-order chi connectivity index (χ1) is 11.6. The first kappa shape index (κ1) is 18.0. The Balaban J connectivity index is 1.94. The van der Waals surface area contributed by atoms with E-state index >= 15 is 0 Å². The van der Waals surface area contributed by atoms with Crippen molar-refractivity contribution >= 4 is 17.5 Å². The van der Waals surface area contributed by atoms with Crippen LogP contribution in [0.1, 0.15) is 0 Å². The average molecular weight is 337 g/mol. The Hall–Kier alpha value is -2.32. The standard InChI is InChI=1S/C16H23N3O5/c1-23-13-4-3-12(11-14(13)24-2)17-15(21)16(22)19-7-5-18(6-8-19)9-10-20/h3-4,11,20H,5-10H2,1-2H3,(H,17,21). The summed E-state index contributed by atoms with van der Waals surface area (Å²) in [5.74, 6) is -0.228. The smallest absolute Gasteiger partial charge is 0.313 e. The topological polar surface area (TPSA) is 91.3 Å². The molecule has 1 saturated heterocycles. The number of methoxy groups -OCH3 is 2. The number of aliphatic hydroxyl groups is 1. The van der Waals surface area contributed by atoms with Crippen LogP contribution in [0.3, 0.4) is 0 Å². The summed E-state index contributed by atoms with van der Waals surface area (Å²) in [6.45, 7) is 2.91. The molecule has 1 aromatic carbocycles. The molecule has 1 fully saturated rings. The Morgan fingerprint density at radius 1 is 1.12 bits per heavy atom.